The summed E-state index contributed by atoms with van der Waals surface area (Å²) in [6.07, 6.45) is 1.52. The van der Waals surface area contributed by atoms with Crippen LogP contribution >= 0.6 is 15.9 Å². The molecule has 0 aromatic heterocycles. The van der Waals surface area contributed by atoms with Crippen LogP contribution in [0.4, 0.5) is 0 Å². The fourth-order valence-corrected chi connectivity index (χ4v) is 2.24. The molecule has 2 aromatic rings. The highest BCUT2D eigenvalue weighted by Crippen LogP contribution is 2.21. The summed E-state index contributed by atoms with van der Waals surface area (Å²) in [4.78, 5) is 12.1. The molecule has 2 aromatic carbocycles. The van der Waals surface area contributed by atoms with E-state index in [1.807, 2.05) is 18.2 Å². The van der Waals surface area contributed by atoms with Gasteiger partial charge in [-0.3, -0.25) is 4.79 Å². The van der Waals surface area contributed by atoms with Crippen molar-refractivity contribution in [1.29, 1.82) is 0 Å². The zero-order valence-corrected chi connectivity index (χ0v) is 13.8. The highest BCUT2D eigenvalue weighted by atomic mass is 79.9. The van der Waals surface area contributed by atoms with Crippen LogP contribution < -0.4 is 14.9 Å². The Morgan fingerprint density at radius 3 is 2.59 bits per heavy atom. The molecule has 6 heteroatoms. The van der Waals surface area contributed by atoms with Crippen molar-refractivity contribution in [3.05, 3.63) is 58.1 Å². The van der Waals surface area contributed by atoms with Gasteiger partial charge in [0.25, 0.3) is 5.91 Å². The lowest BCUT2D eigenvalue weighted by Crippen LogP contribution is -2.18. The summed E-state index contributed by atoms with van der Waals surface area (Å²) in [5.74, 6) is 0.816. The van der Waals surface area contributed by atoms with Crippen molar-refractivity contribution >= 4 is 28.1 Å². The van der Waals surface area contributed by atoms with E-state index in [9.17, 15) is 4.79 Å². The molecular weight excluding hydrogens is 348 g/mol. The number of halogens is 1. The second-order valence-corrected chi connectivity index (χ2v) is 5.20. The van der Waals surface area contributed by atoms with Gasteiger partial charge in [0.1, 0.15) is 11.5 Å². The standard InChI is InChI=1S/C16H15BrN2O3/c1-21-14-8-7-12(17)9-11(14)10-18-19-16(20)13-5-3-4-6-15(13)22-2/h3-10H,1-2H3,(H,19,20)/b18-10+. The van der Waals surface area contributed by atoms with E-state index >= 15 is 0 Å². The lowest BCUT2D eigenvalue weighted by Gasteiger charge is -2.07. The minimum absolute atomic E-state index is 0.345. The predicted molar refractivity (Wildman–Crippen MR) is 88.7 cm³/mol. The minimum Gasteiger partial charge on any atom is -0.496 e. The maximum absolute atomic E-state index is 12.1. The first-order chi connectivity index (χ1) is 10.7. The monoisotopic (exact) mass is 362 g/mol. The van der Waals surface area contributed by atoms with E-state index in [-0.39, 0.29) is 5.91 Å². The molecule has 2 rings (SSSR count). The number of amides is 1. The molecule has 0 saturated heterocycles. The van der Waals surface area contributed by atoms with Crippen LogP contribution in [0, 0.1) is 0 Å². The Labute approximate surface area is 137 Å². The molecule has 114 valence electrons. The number of hydrogen-bond acceptors (Lipinski definition) is 4. The summed E-state index contributed by atoms with van der Waals surface area (Å²) < 4.78 is 11.3. The van der Waals surface area contributed by atoms with E-state index in [2.05, 4.69) is 26.5 Å². The van der Waals surface area contributed by atoms with Gasteiger partial charge in [-0.05, 0) is 30.3 Å². The highest BCUT2D eigenvalue weighted by molar-refractivity contribution is 9.10. The Bertz CT molecular complexity index is 702. The van der Waals surface area contributed by atoms with E-state index in [0.29, 0.717) is 17.1 Å². The number of rotatable bonds is 5. The first-order valence-corrected chi connectivity index (χ1v) is 7.25. The van der Waals surface area contributed by atoms with Crippen molar-refractivity contribution in [2.45, 2.75) is 0 Å². The Morgan fingerprint density at radius 2 is 1.86 bits per heavy atom. The van der Waals surface area contributed by atoms with Gasteiger partial charge in [0, 0.05) is 10.0 Å². The molecule has 0 fully saturated rings. The first-order valence-electron chi connectivity index (χ1n) is 6.45. The van der Waals surface area contributed by atoms with Crippen LogP contribution in [0.25, 0.3) is 0 Å². The number of carbonyl (C=O) groups is 1. The predicted octanol–water partition coefficient (Wildman–Crippen LogP) is 3.23. The van der Waals surface area contributed by atoms with E-state index in [0.717, 1.165) is 10.0 Å². The quantitative estimate of drug-likeness (QED) is 0.656. The van der Waals surface area contributed by atoms with Crippen LogP contribution in [-0.2, 0) is 0 Å². The molecule has 0 radical (unpaired) electrons. The number of methoxy groups -OCH3 is 2. The van der Waals surface area contributed by atoms with Crippen LogP contribution in [0.2, 0.25) is 0 Å². The van der Waals surface area contributed by atoms with Crippen LogP contribution in [0.15, 0.2) is 52.0 Å². The number of nitrogens with zero attached hydrogens (tertiary/aromatic N) is 1. The number of ether oxygens (including phenoxy) is 2. The van der Waals surface area contributed by atoms with Gasteiger partial charge in [-0.25, -0.2) is 5.43 Å². The first kappa shape index (κ1) is 16.0. The molecule has 1 N–H and O–H groups in total. The largest absolute Gasteiger partial charge is 0.496 e. The van der Waals surface area contributed by atoms with E-state index in [4.69, 9.17) is 9.47 Å². The molecular formula is C16H15BrN2O3. The molecule has 1 amide bonds. The molecule has 0 aliphatic carbocycles. The van der Waals surface area contributed by atoms with E-state index < -0.39 is 0 Å². The fraction of sp³-hybridized carbons (Fsp3) is 0.125. The second kappa shape index (κ2) is 7.61. The summed E-state index contributed by atoms with van der Waals surface area (Å²) in [6.45, 7) is 0. The Hall–Kier alpha value is -2.34. The third-order valence-corrected chi connectivity index (χ3v) is 3.41. The van der Waals surface area contributed by atoms with Gasteiger partial charge in [-0.2, -0.15) is 5.10 Å². The Kier molecular flexibility index (Phi) is 5.55. The second-order valence-electron chi connectivity index (χ2n) is 4.29. The van der Waals surface area contributed by atoms with Crippen LogP contribution in [0.3, 0.4) is 0 Å². The molecule has 0 heterocycles. The summed E-state index contributed by atoms with van der Waals surface area (Å²) in [5.41, 5.74) is 3.64. The number of nitrogens with one attached hydrogen (secondary N) is 1. The van der Waals surface area contributed by atoms with Gasteiger partial charge in [-0.15, -0.1) is 0 Å². The fourth-order valence-electron chi connectivity index (χ4n) is 1.86. The Morgan fingerprint density at radius 1 is 1.14 bits per heavy atom. The maximum Gasteiger partial charge on any atom is 0.275 e. The zero-order chi connectivity index (χ0) is 15.9. The van der Waals surface area contributed by atoms with Crippen molar-refractivity contribution in [2.24, 2.45) is 5.10 Å². The van der Waals surface area contributed by atoms with Gasteiger partial charge in [0.05, 0.1) is 26.0 Å². The molecule has 0 aliphatic heterocycles. The van der Waals surface area contributed by atoms with E-state index in [1.165, 1.54) is 13.3 Å². The van der Waals surface area contributed by atoms with Crippen LogP contribution in [0.1, 0.15) is 15.9 Å². The van der Waals surface area contributed by atoms with Crippen LogP contribution in [0.5, 0.6) is 11.5 Å². The zero-order valence-electron chi connectivity index (χ0n) is 12.2. The van der Waals surface area contributed by atoms with Crippen molar-refractivity contribution in [2.75, 3.05) is 14.2 Å². The molecule has 0 bridgehead atoms. The third kappa shape index (κ3) is 3.85. The lowest BCUT2D eigenvalue weighted by atomic mass is 10.2. The summed E-state index contributed by atoms with van der Waals surface area (Å²) in [7, 11) is 3.09. The van der Waals surface area contributed by atoms with Crippen LogP contribution in [-0.4, -0.2) is 26.3 Å². The molecule has 5 nitrogen and oxygen atoms in total. The third-order valence-electron chi connectivity index (χ3n) is 2.91. The molecule has 0 saturated carbocycles. The van der Waals surface area contributed by atoms with Gasteiger partial charge < -0.3 is 9.47 Å². The molecule has 22 heavy (non-hydrogen) atoms. The lowest BCUT2D eigenvalue weighted by molar-refractivity contribution is 0.0952. The topological polar surface area (TPSA) is 59.9 Å². The van der Waals surface area contributed by atoms with Gasteiger partial charge >= 0.3 is 0 Å². The number of para-hydroxylation sites is 1. The van der Waals surface area contributed by atoms with Gasteiger partial charge in [0.15, 0.2) is 0 Å². The highest BCUT2D eigenvalue weighted by Gasteiger charge is 2.10. The number of hydrogen-bond donors (Lipinski definition) is 1. The molecule has 0 unspecified atom stereocenters. The summed E-state index contributed by atoms with van der Waals surface area (Å²) >= 11 is 3.38. The average molecular weight is 363 g/mol. The Balaban J connectivity index is 2.12. The smallest absolute Gasteiger partial charge is 0.275 e. The SMILES string of the molecule is COc1ccc(Br)cc1/C=N/NC(=O)c1ccccc1OC. The summed E-state index contributed by atoms with van der Waals surface area (Å²) in [6, 6.07) is 12.5. The molecule has 0 atom stereocenters. The van der Waals surface area contributed by atoms with Crippen molar-refractivity contribution in [3.63, 3.8) is 0 Å². The number of hydrazone groups is 1. The van der Waals surface area contributed by atoms with Crippen molar-refractivity contribution < 1.29 is 14.3 Å². The average Bonchev–Trinajstić information content (AvgIpc) is 2.55. The summed E-state index contributed by atoms with van der Waals surface area (Å²) in [5, 5.41) is 3.96. The number of benzene rings is 2. The van der Waals surface area contributed by atoms with Crippen molar-refractivity contribution in [3.8, 4) is 11.5 Å². The number of carbonyl (C=O) groups excluding carboxylic acids is 1. The van der Waals surface area contributed by atoms with Gasteiger partial charge in [-0.1, -0.05) is 28.1 Å². The molecule has 0 aliphatic rings. The maximum atomic E-state index is 12.1. The van der Waals surface area contributed by atoms with Gasteiger partial charge in [0.2, 0.25) is 0 Å². The normalized spacial score (nSPS) is 10.5. The van der Waals surface area contributed by atoms with E-state index in [1.54, 1.807) is 31.4 Å². The molecule has 0 spiro atoms. The van der Waals surface area contributed by atoms with Crippen molar-refractivity contribution in [1.82, 2.24) is 5.43 Å². The minimum atomic E-state index is -0.345.